The number of rotatable bonds is 4. The van der Waals surface area contributed by atoms with Crippen LogP contribution in [0.2, 0.25) is 0 Å². The monoisotopic (exact) mass is 400 g/mol. The first-order valence-electron chi connectivity index (χ1n) is 10.4. The maximum Gasteiger partial charge on any atom is 0.156 e. The van der Waals surface area contributed by atoms with Gasteiger partial charge in [-0.3, -0.25) is 9.97 Å². The minimum Gasteiger partial charge on any atom is -0.355 e. The van der Waals surface area contributed by atoms with E-state index in [0.717, 1.165) is 78.6 Å². The Bertz CT molecular complexity index is 1160. The van der Waals surface area contributed by atoms with Crippen LogP contribution >= 0.6 is 0 Å². The molecule has 5 rings (SSSR count). The molecule has 8 heteroatoms. The molecule has 1 N–H and O–H groups in total. The second-order valence-electron chi connectivity index (χ2n) is 7.38. The van der Waals surface area contributed by atoms with Crippen LogP contribution in [0.15, 0.2) is 49.1 Å². The molecule has 152 valence electrons. The fourth-order valence-corrected chi connectivity index (χ4v) is 3.72. The van der Waals surface area contributed by atoms with Gasteiger partial charge < -0.3 is 10.2 Å². The number of aromatic nitrogens is 6. The highest BCUT2D eigenvalue weighted by atomic mass is 15.3. The molecule has 8 nitrogen and oxygen atoms in total. The van der Waals surface area contributed by atoms with Gasteiger partial charge in [0.2, 0.25) is 0 Å². The number of hydrogen-bond acceptors (Lipinski definition) is 7. The fourth-order valence-electron chi connectivity index (χ4n) is 3.72. The van der Waals surface area contributed by atoms with Gasteiger partial charge in [-0.2, -0.15) is 5.10 Å². The molecule has 0 saturated carbocycles. The van der Waals surface area contributed by atoms with E-state index in [4.69, 9.17) is 4.98 Å². The van der Waals surface area contributed by atoms with Crippen LogP contribution in [-0.4, -0.2) is 55.9 Å². The van der Waals surface area contributed by atoms with Gasteiger partial charge in [0.25, 0.3) is 0 Å². The van der Waals surface area contributed by atoms with Crippen LogP contribution in [0, 0.1) is 0 Å². The van der Waals surface area contributed by atoms with E-state index in [1.165, 1.54) is 0 Å². The topological polar surface area (TPSA) is 84.7 Å². The molecule has 5 heterocycles. The quantitative estimate of drug-likeness (QED) is 0.564. The van der Waals surface area contributed by atoms with Crippen molar-refractivity contribution < 1.29 is 0 Å². The predicted molar refractivity (Wildman–Crippen MR) is 117 cm³/mol. The van der Waals surface area contributed by atoms with Crippen molar-refractivity contribution in [3.05, 3.63) is 54.7 Å². The molecule has 0 atom stereocenters. The second-order valence-corrected chi connectivity index (χ2v) is 7.38. The Morgan fingerprint density at radius 1 is 0.967 bits per heavy atom. The zero-order chi connectivity index (χ0) is 20.3. The third-order valence-corrected chi connectivity index (χ3v) is 5.36. The molecule has 1 saturated heterocycles. The van der Waals surface area contributed by atoms with Crippen molar-refractivity contribution in [2.75, 3.05) is 31.1 Å². The van der Waals surface area contributed by atoms with Crippen LogP contribution in [0.1, 0.15) is 19.0 Å². The summed E-state index contributed by atoms with van der Waals surface area (Å²) in [5.41, 5.74) is 3.44. The molecule has 0 unspecified atom stereocenters. The smallest absolute Gasteiger partial charge is 0.156 e. The maximum atomic E-state index is 4.91. The van der Waals surface area contributed by atoms with Crippen molar-refractivity contribution in [3.63, 3.8) is 0 Å². The lowest BCUT2D eigenvalue weighted by Gasteiger charge is -2.21. The van der Waals surface area contributed by atoms with Crippen LogP contribution < -0.4 is 10.2 Å². The lowest BCUT2D eigenvalue weighted by molar-refractivity contribution is 0.724. The average Bonchev–Trinajstić information content (AvgIpc) is 3.03. The van der Waals surface area contributed by atoms with Crippen molar-refractivity contribution in [2.45, 2.75) is 19.8 Å². The number of nitrogens with one attached hydrogen (secondary N) is 1. The van der Waals surface area contributed by atoms with E-state index < -0.39 is 0 Å². The van der Waals surface area contributed by atoms with E-state index in [2.05, 4.69) is 43.3 Å². The molecule has 1 aliphatic rings. The van der Waals surface area contributed by atoms with Crippen molar-refractivity contribution in [3.8, 4) is 17.2 Å². The molecule has 4 aromatic heterocycles. The van der Waals surface area contributed by atoms with E-state index in [-0.39, 0.29) is 0 Å². The first-order valence-corrected chi connectivity index (χ1v) is 10.4. The highest BCUT2D eigenvalue weighted by molar-refractivity contribution is 5.82. The minimum atomic E-state index is 0.766. The number of pyridine rings is 2. The summed E-state index contributed by atoms with van der Waals surface area (Å²) in [6.07, 6.45) is 9.15. The second kappa shape index (κ2) is 8.16. The zero-order valence-electron chi connectivity index (χ0n) is 17.0. The van der Waals surface area contributed by atoms with Crippen LogP contribution in [0.25, 0.3) is 28.1 Å². The summed E-state index contributed by atoms with van der Waals surface area (Å²) in [4.78, 5) is 20.8. The summed E-state index contributed by atoms with van der Waals surface area (Å²) in [7, 11) is 0. The Kier molecular flexibility index (Phi) is 5.06. The molecule has 4 aromatic rings. The van der Waals surface area contributed by atoms with Crippen molar-refractivity contribution in [2.24, 2.45) is 0 Å². The molecule has 1 fully saturated rings. The van der Waals surface area contributed by atoms with E-state index in [0.29, 0.717) is 0 Å². The van der Waals surface area contributed by atoms with Gasteiger partial charge in [0, 0.05) is 37.4 Å². The summed E-state index contributed by atoms with van der Waals surface area (Å²) in [6, 6.07) is 8.11. The fraction of sp³-hybridized carbons (Fsp3) is 0.318. The lowest BCUT2D eigenvalue weighted by atomic mass is 10.2. The van der Waals surface area contributed by atoms with Gasteiger partial charge >= 0.3 is 0 Å². The Morgan fingerprint density at radius 3 is 2.83 bits per heavy atom. The lowest BCUT2D eigenvalue weighted by Crippen LogP contribution is -2.28. The number of aryl methyl sites for hydroxylation is 1. The van der Waals surface area contributed by atoms with Crippen LogP contribution in [0.3, 0.4) is 0 Å². The highest BCUT2D eigenvalue weighted by Gasteiger charge is 2.14. The third kappa shape index (κ3) is 3.61. The molecule has 0 bridgehead atoms. The molecular weight excluding hydrogens is 376 g/mol. The van der Waals surface area contributed by atoms with E-state index >= 15 is 0 Å². The summed E-state index contributed by atoms with van der Waals surface area (Å²) < 4.78 is 1.87. The standard InChI is InChI=1S/C22H24N8/c1-2-17-14-24-15-19(27-17)18-11-20-16(12-25-18)13-26-30(20)22-6-3-5-21(28-22)29-9-4-7-23-8-10-29/h3,5-6,11-15,23H,2,4,7-10H2,1H3. The van der Waals surface area contributed by atoms with Crippen LogP contribution in [-0.2, 0) is 6.42 Å². The first-order chi connectivity index (χ1) is 14.8. The minimum absolute atomic E-state index is 0.766. The van der Waals surface area contributed by atoms with Crippen molar-refractivity contribution in [1.82, 2.24) is 35.0 Å². The number of nitrogens with zero attached hydrogens (tertiary/aromatic N) is 7. The molecule has 0 spiro atoms. The normalized spacial score (nSPS) is 14.8. The predicted octanol–water partition coefficient (Wildman–Crippen LogP) is 2.63. The summed E-state index contributed by atoms with van der Waals surface area (Å²) in [6.45, 7) is 6.06. The Labute approximate surface area is 175 Å². The third-order valence-electron chi connectivity index (χ3n) is 5.36. The maximum absolute atomic E-state index is 4.91. The van der Waals surface area contributed by atoms with Gasteiger partial charge in [0.1, 0.15) is 11.5 Å². The number of hydrogen-bond donors (Lipinski definition) is 1. The Hall–Kier alpha value is -3.39. The van der Waals surface area contributed by atoms with Gasteiger partial charge in [0.15, 0.2) is 5.82 Å². The Balaban J connectivity index is 1.54. The first kappa shape index (κ1) is 18.6. The number of anilines is 1. The van der Waals surface area contributed by atoms with E-state index in [1.54, 1.807) is 12.4 Å². The zero-order valence-corrected chi connectivity index (χ0v) is 17.0. The van der Waals surface area contributed by atoms with E-state index in [9.17, 15) is 0 Å². The van der Waals surface area contributed by atoms with Gasteiger partial charge in [-0.1, -0.05) is 13.0 Å². The molecule has 0 aliphatic carbocycles. The Morgan fingerprint density at radius 2 is 1.90 bits per heavy atom. The van der Waals surface area contributed by atoms with E-state index in [1.807, 2.05) is 35.3 Å². The SMILES string of the molecule is CCc1cncc(-c2cc3c(cn2)cnn3-c2cccc(N3CCCNCC3)n2)n1. The molecular formula is C22H24N8. The molecule has 0 amide bonds. The molecule has 1 aliphatic heterocycles. The van der Waals surface area contributed by atoms with Crippen LogP contribution in [0.5, 0.6) is 0 Å². The number of fused-ring (bicyclic) bond motifs is 1. The van der Waals surface area contributed by atoms with Gasteiger partial charge in [-0.15, -0.1) is 0 Å². The van der Waals surface area contributed by atoms with Gasteiger partial charge in [0.05, 0.1) is 29.3 Å². The summed E-state index contributed by atoms with van der Waals surface area (Å²) in [5, 5.41) is 8.99. The molecule has 0 aromatic carbocycles. The molecule has 0 radical (unpaired) electrons. The van der Waals surface area contributed by atoms with Crippen molar-refractivity contribution >= 4 is 16.7 Å². The van der Waals surface area contributed by atoms with Gasteiger partial charge in [-0.05, 0) is 37.6 Å². The summed E-state index contributed by atoms with van der Waals surface area (Å²) >= 11 is 0. The average molecular weight is 400 g/mol. The largest absolute Gasteiger partial charge is 0.355 e. The van der Waals surface area contributed by atoms with Crippen molar-refractivity contribution in [1.29, 1.82) is 0 Å². The van der Waals surface area contributed by atoms with Crippen LogP contribution in [0.4, 0.5) is 5.82 Å². The molecule has 30 heavy (non-hydrogen) atoms. The highest BCUT2D eigenvalue weighted by Crippen LogP contribution is 2.23. The van der Waals surface area contributed by atoms with Gasteiger partial charge in [-0.25, -0.2) is 14.6 Å². The summed E-state index contributed by atoms with van der Waals surface area (Å²) in [5.74, 6) is 1.78.